The maximum atomic E-state index is 11.7. The molecule has 0 N–H and O–H groups in total. The molecule has 3 amide bonds. The van der Waals surface area contributed by atoms with E-state index in [1.54, 1.807) is 11.8 Å². The molecule has 1 fully saturated rings. The van der Waals surface area contributed by atoms with Crippen LogP contribution in [0.4, 0.5) is 9.59 Å². The normalized spacial score (nSPS) is 16.6. The highest BCUT2D eigenvalue weighted by molar-refractivity contribution is 6.63. The number of carbonyl (C=O) groups excluding carboxylic acids is 2. The van der Waals surface area contributed by atoms with Crippen LogP contribution in [-0.2, 0) is 4.74 Å². The molecule has 0 aromatic heterocycles. The van der Waals surface area contributed by atoms with E-state index >= 15 is 0 Å². The topological polar surface area (TPSA) is 49.9 Å². The Labute approximate surface area is 87.5 Å². The smallest absolute Gasteiger partial charge is 0.327 e. The van der Waals surface area contributed by atoms with Crippen molar-refractivity contribution in [2.75, 3.05) is 32.8 Å². The van der Waals surface area contributed by atoms with Crippen LogP contribution in [-0.4, -0.2) is 54.0 Å². The fourth-order valence-corrected chi connectivity index (χ4v) is 1.45. The Kier molecular flexibility index (Phi) is 4.16. The third-order valence-electron chi connectivity index (χ3n) is 2.04. The van der Waals surface area contributed by atoms with Crippen LogP contribution >= 0.6 is 11.6 Å². The molecule has 0 saturated carbocycles. The van der Waals surface area contributed by atoms with Crippen LogP contribution in [0.3, 0.4) is 0 Å². The summed E-state index contributed by atoms with van der Waals surface area (Å²) in [5.41, 5.74) is 0. The summed E-state index contributed by atoms with van der Waals surface area (Å²) in [6.07, 6.45) is 0. The maximum Gasteiger partial charge on any atom is 0.327 e. The van der Waals surface area contributed by atoms with Gasteiger partial charge >= 0.3 is 11.4 Å². The molecule has 0 aliphatic carbocycles. The summed E-state index contributed by atoms with van der Waals surface area (Å²) in [4.78, 5) is 25.1. The summed E-state index contributed by atoms with van der Waals surface area (Å²) >= 11 is 5.27. The van der Waals surface area contributed by atoms with Gasteiger partial charge in [-0.15, -0.1) is 0 Å². The van der Waals surface area contributed by atoms with Crippen molar-refractivity contribution < 1.29 is 14.3 Å². The van der Waals surface area contributed by atoms with Crippen molar-refractivity contribution in [1.29, 1.82) is 0 Å². The van der Waals surface area contributed by atoms with Gasteiger partial charge in [0.15, 0.2) is 0 Å². The second-order valence-corrected chi connectivity index (χ2v) is 3.20. The molecule has 14 heavy (non-hydrogen) atoms. The zero-order valence-electron chi connectivity index (χ0n) is 8.03. The predicted octanol–water partition coefficient (Wildman–Crippen LogP) is 1.12. The number of rotatable bonds is 1. The number of amides is 3. The first kappa shape index (κ1) is 11.3. The zero-order valence-corrected chi connectivity index (χ0v) is 8.79. The highest BCUT2D eigenvalue weighted by atomic mass is 35.5. The minimum atomic E-state index is -0.732. The Balaban J connectivity index is 2.56. The van der Waals surface area contributed by atoms with Gasteiger partial charge in [0, 0.05) is 19.6 Å². The minimum absolute atomic E-state index is 0.290. The van der Waals surface area contributed by atoms with E-state index in [9.17, 15) is 9.59 Å². The molecule has 1 saturated heterocycles. The van der Waals surface area contributed by atoms with Gasteiger partial charge in [0.1, 0.15) is 0 Å². The van der Waals surface area contributed by atoms with Crippen molar-refractivity contribution >= 4 is 23.0 Å². The number of imide groups is 1. The maximum absolute atomic E-state index is 11.7. The lowest BCUT2D eigenvalue weighted by Gasteiger charge is -2.30. The highest BCUT2D eigenvalue weighted by Gasteiger charge is 2.25. The number of hydrogen-bond acceptors (Lipinski definition) is 3. The van der Waals surface area contributed by atoms with Crippen LogP contribution in [0.1, 0.15) is 6.92 Å². The van der Waals surface area contributed by atoms with Gasteiger partial charge < -0.3 is 9.64 Å². The zero-order chi connectivity index (χ0) is 10.6. The minimum Gasteiger partial charge on any atom is -0.378 e. The third kappa shape index (κ3) is 2.59. The lowest BCUT2D eigenvalue weighted by Crippen LogP contribution is -2.48. The Morgan fingerprint density at radius 2 is 2.00 bits per heavy atom. The standard InChI is InChI=1S/C8H13ClN2O3/c1-2-11(7(9)12)8(13)10-3-5-14-6-4-10/h2-6H2,1H3. The molecule has 6 heteroatoms. The van der Waals surface area contributed by atoms with Crippen LogP contribution in [0.15, 0.2) is 0 Å². The molecule has 1 aliphatic heterocycles. The van der Waals surface area contributed by atoms with Gasteiger partial charge in [-0.05, 0) is 18.5 Å². The van der Waals surface area contributed by atoms with Gasteiger partial charge in [-0.1, -0.05) is 0 Å². The number of nitrogens with zero attached hydrogens (tertiary/aromatic N) is 2. The monoisotopic (exact) mass is 220 g/mol. The van der Waals surface area contributed by atoms with E-state index < -0.39 is 5.37 Å². The van der Waals surface area contributed by atoms with Crippen LogP contribution in [0.25, 0.3) is 0 Å². The first-order valence-corrected chi connectivity index (χ1v) is 4.88. The van der Waals surface area contributed by atoms with Gasteiger partial charge in [-0.25, -0.2) is 4.79 Å². The molecule has 0 radical (unpaired) electrons. The molecule has 0 bridgehead atoms. The SMILES string of the molecule is CCN(C(=O)Cl)C(=O)N1CCOCC1. The van der Waals surface area contributed by atoms with E-state index in [4.69, 9.17) is 16.3 Å². The molecule has 0 aromatic rings. The van der Waals surface area contributed by atoms with Gasteiger partial charge in [0.25, 0.3) is 0 Å². The van der Waals surface area contributed by atoms with E-state index in [0.29, 0.717) is 32.8 Å². The van der Waals surface area contributed by atoms with Crippen LogP contribution in [0, 0.1) is 0 Å². The number of urea groups is 1. The molecule has 1 aliphatic rings. The Morgan fingerprint density at radius 3 is 2.43 bits per heavy atom. The van der Waals surface area contributed by atoms with E-state index in [1.165, 1.54) is 0 Å². The fourth-order valence-electron chi connectivity index (χ4n) is 1.26. The van der Waals surface area contributed by atoms with Gasteiger partial charge in [0.2, 0.25) is 0 Å². The van der Waals surface area contributed by atoms with Crippen LogP contribution in [0.5, 0.6) is 0 Å². The van der Waals surface area contributed by atoms with Crippen LogP contribution < -0.4 is 0 Å². The first-order chi connectivity index (χ1) is 6.66. The van der Waals surface area contributed by atoms with Crippen molar-refractivity contribution in [1.82, 2.24) is 9.80 Å². The quantitative estimate of drug-likeness (QED) is 0.492. The van der Waals surface area contributed by atoms with Crippen molar-refractivity contribution in [2.24, 2.45) is 0 Å². The van der Waals surface area contributed by atoms with Crippen molar-refractivity contribution in [3.8, 4) is 0 Å². The summed E-state index contributed by atoms with van der Waals surface area (Å²) < 4.78 is 5.09. The van der Waals surface area contributed by atoms with Crippen molar-refractivity contribution in [3.05, 3.63) is 0 Å². The summed E-state index contributed by atoms with van der Waals surface area (Å²) in [6, 6.07) is -0.337. The molecule has 0 atom stereocenters. The molecule has 0 spiro atoms. The average Bonchev–Trinajstić information content (AvgIpc) is 2.19. The lowest BCUT2D eigenvalue weighted by atomic mass is 10.4. The number of halogens is 1. The van der Waals surface area contributed by atoms with Crippen molar-refractivity contribution in [2.45, 2.75) is 6.92 Å². The summed E-state index contributed by atoms with van der Waals surface area (Å²) in [6.45, 7) is 4.05. The Bertz CT molecular complexity index is 229. The predicted molar refractivity (Wildman–Crippen MR) is 51.4 cm³/mol. The summed E-state index contributed by atoms with van der Waals surface area (Å²) in [5, 5.41) is -0.732. The van der Waals surface area contributed by atoms with Gasteiger partial charge in [-0.2, -0.15) is 0 Å². The summed E-state index contributed by atoms with van der Waals surface area (Å²) in [7, 11) is 0. The first-order valence-electron chi connectivity index (χ1n) is 4.50. The number of morpholine rings is 1. The highest BCUT2D eigenvalue weighted by Crippen LogP contribution is 2.05. The summed E-state index contributed by atoms with van der Waals surface area (Å²) in [5.74, 6) is 0. The van der Waals surface area contributed by atoms with E-state index in [1.807, 2.05) is 0 Å². The third-order valence-corrected chi connectivity index (χ3v) is 2.24. The van der Waals surface area contributed by atoms with Crippen molar-refractivity contribution in [3.63, 3.8) is 0 Å². The molecular formula is C8H13ClN2O3. The van der Waals surface area contributed by atoms with E-state index in [0.717, 1.165) is 4.90 Å². The lowest BCUT2D eigenvalue weighted by molar-refractivity contribution is 0.0470. The molecule has 80 valence electrons. The molecule has 0 aromatic carbocycles. The Morgan fingerprint density at radius 1 is 1.43 bits per heavy atom. The van der Waals surface area contributed by atoms with Gasteiger partial charge in [-0.3, -0.25) is 9.69 Å². The largest absolute Gasteiger partial charge is 0.378 e. The molecule has 0 unspecified atom stereocenters. The second kappa shape index (κ2) is 5.17. The fraction of sp³-hybridized carbons (Fsp3) is 0.750. The number of hydrogen-bond donors (Lipinski definition) is 0. The molecule has 1 rings (SSSR count). The van der Waals surface area contributed by atoms with Crippen LogP contribution in [0.2, 0.25) is 0 Å². The number of carbonyl (C=O) groups is 2. The van der Waals surface area contributed by atoms with E-state index in [-0.39, 0.29) is 6.03 Å². The molecule has 5 nitrogen and oxygen atoms in total. The Hall–Kier alpha value is -0.810. The molecule has 1 heterocycles. The number of ether oxygens (including phenoxy) is 1. The van der Waals surface area contributed by atoms with Gasteiger partial charge in [0.05, 0.1) is 13.2 Å². The molecular weight excluding hydrogens is 208 g/mol. The second-order valence-electron chi connectivity index (χ2n) is 2.88. The van der Waals surface area contributed by atoms with E-state index in [2.05, 4.69) is 0 Å². The average molecular weight is 221 g/mol.